The second-order valence-electron chi connectivity index (χ2n) is 6.03. The topological polar surface area (TPSA) is 106 Å². The molecule has 2 aromatic rings. The van der Waals surface area contributed by atoms with Gasteiger partial charge in [-0.15, -0.1) is 0 Å². The third-order valence-corrected chi connectivity index (χ3v) is 5.22. The van der Waals surface area contributed by atoms with Crippen molar-refractivity contribution in [3.63, 3.8) is 0 Å². The fraction of sp³-hybridized carbons (Fsp3) is 0.278. The Morgan fingerprint density at radius 1 is 1.19 bits per heavy atom. The zero-order chi connectivity index (χ0) is 19.5. The number of hydrogen-bond acceptors (Lipinski definition) is 5. The summed E-state index contributed by atoms with van der Waals surface area (Å²) >= 11 is 0. The fourth-order valence-corrected chi connectivity index (χ4v) is 3.19. The number of carbonyl (C=O) groups excluding carboxylic acids is 1. The van der Waals surface area contributed by atoms with E-state index in [0.717, 1.165) is 11.8 Å². The number of nitro groups is 1. The van der Waals surface area contributed by atoms with Gasteiger partial charge in [0.2, 0.25) is 0 Å². The quantitative estimate of drug-likeness (QED) is 0.615. The van der Waals surface area contributed by atoms with Gasteiger partial charge in [-0.2, -0.15) is 0 Å². The van der Waals surface area contributed by atoms with Crippen molar-refractivity contribution in [3.8, 4) is 0 Å². The van der Waals surface area contributed by atoms with Crippen LogP contribution < -0.4 is 5.32 Å². The van der Waals surface area contributed by atoms with Gasteiger partial charge in [0.15, 0.2) is 9.84 Å². The maximum absolute atomic E-state index is 12.5. The van der Waals surface area contributed by atoms with Crippen molar-refractivity contribution in [3.05, 3.63) is 69.3 Å². The number of carbonyl (C=O) groups is 1. The van der Waals surface area contributed by atoms with Crippen molar-refractivity contribution >= 4 is 21.4 Å². The second-order valence-corrected chi connectivity index (χ2v) is 8.05. The van der Waals surface area contributed by atoms with Crippen LogP contribution in [-0.2, 0) is 9.84 Å². The summed E-state index contributed by atoms with van der Waals surface area (Å²) in [6.45, 7) is 3.49. The first-order valence-electron chi connectivity index (χ1n) is 7.99. The van der Waals surface area contributed by atoms with E-state index in [0.29, 0.717) is 12.0 Å². The summed E-state index contributed by atoms with van der Waals surface area (Å²) in [5, 5.41) is 13.9. The Labute approximate surface area is 152 Å². The predicted octanol–water partition coefficient (Wildman–Crippen LogP) is 3.19. The molecule has 0 heterocycles. The Bertz CT molecular complexity index is 937. The summed E-state index contributed by atoms with van der Waals surface area (Å²) in [5.41, 5.74) is 1.33. The van der Waals surface area contributed by atoms with Crippen LogP contribution >= 0.6 is 0 Å². The van der Waals surface area contributed by atoms with Gasteiger partial charge in [0.05, 0.1) is 15.9 Å². The monoisotopic (exact) mass is 376 g/mol. The molecule has 138 valence electrons. The normalized spacial score (nSPS) is 12.4. The van der Waals surface area contributed by atoms with Gasteiger partial charge in [0.1, 0.15) is 0 Å². The number of hydrogen-bond donors (Lipinski definition) is 1. The Kier molecular flexibility index (Phi) is 5.76. The van der Waals surface area contributed by atoms with Crippen LogP contribution in [-0.4, -0.2) is 25.5 Å². The molecule has 1 amide bonds. The molecule has 0 aliphatic rings. The molecular weight excluding hydrogens is 356 g/mol. The van der Waals surface area contributed by atoms with E-state index in [9.17, 15) is 23.3 Å². The van der Waals surface area contributed by atoms with Gasteiger partial charge in [-0.1, -0.05) is 25.1 Å². The average Bonchev–Trinajstić information content (AvgIpc) is 2.59. The van der Waals surface area contributed by atoms with Crippen LogP contribution in [0.4, 0.5) is 5.69 Å². The highest BCUT2D eigenvalue weighted by Crippen LogP contribution is 2.22. The number of aryl methyl sites for hydroxylation is 1. The van der Waals surface area contributed by atoms with Crippen LogP contribution in [0.1, 0.15) is 40.9 Å². The maximum Gasteiger partial charge on any atom is 0.273 e. The number of amides is 1. The molecule has 0 unspecified atom stereocenters. The largest absolute Gasteiger partial charge is 0.345 e. The van der Waals surface area contributed by atoms with Crippen LogP contribution in [0.3, 0.4) is 0 Å². The lowest BCUT2D eigenvalue weighted by molar-refractivity contribution is -0.385. The number of nitrogens with zero attached hydrogens (tertiary/aromatic N) is 1. The number of nitro benzene ring substituents is 1. The Hall–Kier alpha value is -2.74. The zero-order valence-corrected chi connectivity index (χ0v) is 15.5. The van der Waals surface area contributed by atoms with E-state index in [4.69, 9.17) is 0 Å². The molecule has 0 saturated heterocycles. The standard InChI is InChI=1S/C18H20N2O5S/c1-4-16(13-7-9-15(10-8-13)26(3,24)25)19-18(21)14-6-5-12(2)17(11-14)20(22)23/h5-11,16H,4H2,1-3H3,(H,19,21)/t16-/m0/s1. The number of rotatable bonds is 6. The van der Waals surface area contributed by atoms with Crippen molar-refractivity contribution in [2.45, 2.75) is 31.2 Å². The van der Waals surface area contributed by atoms with E-state index in [1.807, 2.05) is 6.92 Å². The lowest BCUT2D eigenvalue weighted by atomic mass is 10.0. The molecule has 0 aliphatic heterocycles. The minimum Gasteiger partial charge on any atom is -0.345 e. The predicted molar refractivity (Wildman–Crippen MR) is 97.9 cm³/mol. The molecule has 7 nitrogen and oxygen atoms in total. The molecule has 8 heteroatoms. The van der Waals surface area contributed by atoms with Gasteiger partial charge in [-0.25, -0.2) is 8.42 Å². The summed E-state index contributed by atoms with van der Waals surface area (Å²) in [6.07, 6.45) is 1.71. The number of nitrogens with one attached hydrogen (secondary N) is 1. The molecule has 0 radical (unpaired) electrons. The fourth-order valence-electron chi connectivity index (χ4n) is 2.56. The Morgan fingerprint density at radius 3 is 2.31 bits per heavy atom. The third-order valence-electron chi connectivity index (χ3n) is 4.09. The summed E-state index contributed by atoms with van der Waals surface area (Å²) in [6, 6.07) is 10.3. The van der Waals surface area contributed by atoms with Crippen LogP contribution in [0.25, 0.3) is 0 Å². The highest BCUT2D eigenvalue weighted by Gasteiger charge is 2.18. The van der Waals surface area contributed by atoms with Gasteiger partial charge in [-0.05, 0) is 37.1 Å². The van der Waals surface area contributed by atoms with Crippen LogP contribution in [0.2, 0.25) is 0 Å². The first kappa shape index (κ1) is 19.6. The van der Waals surface area contributed by atoms with E-state index >= 15 is 0 Å². The molecule has 1 atom stereocenters. The smallest absolute Gasteiger partial charge is 0.273 e. The van der Waals surface area contributed by atoms with E-state index in [-0.39, 0.29) is 22.2 Å². The molecule has 0 aromatic heterocycles. The summed E-state index contributed by atoms with van der Waals surface area (Å²) in [7, 11) is -3.29. The van der Waals surface area contributed by atoms with Crippen molar-refractivity contribution in [2.24, 2.45) is 0 Å². The number of benzene rings is 2. The second kappa shape index (κ2) is 7.65. The molecule has 1 N–H and O–H groups in total. The molecular formula is C18H20N2O5S. The minimum atomic E-state index is -3.29. The third kappa shape index (κ3) is 4.45. The van der Waals surface area contributed by atoms with Gasteiger partial charge in [0, 0.05) is 23.4 Å². The zero-order valence-electron chi connectivity index (χ0n) is 14.7. The molecule has 26 heavy (non-hydrogen) atoms. The summed E-state index contributed by atoms with van der Waals surface area (Å²) in [4.78, 5) is 23.2. The summed E-state index contributed by atoms with van der Waals surface area (Å²) in [5.74, 6) is -0.424. The lowest BCUT2D eigenvalue weighted by Gasteiger charge is -2.18. The Balaban J connectivity index is 2.23. The molecule has 2 aromatic carbocycles. The van der Waals surface area contributed by atoms with Crippen molar-refractivity contribution in [1.82, 2.24) is 5.32 Å². The van der Waals surface area contributed by atoms with E-state index < -0.39 is 20.7 Å². The highest BCUT2D eigenvalue weighted by atomic mass is 32.2. The first-order chi connectivity index (χ1) is 12.1. The van der Waals surface area contributed by atoms with E-state index in [2.05, 4.69) is 5.32 Å². The van der Waals surface area contributed by atoms with Gasteiger partial charge in [-0.3, -0.25) is 14.9 Å². The van der Waals surface area contributed by atoms with Crippen molar-refractivity contribution in [1.29, 1.82) is 0 Å². The molecule has 0 spiro atoms. The van der Waals surface area contributed by atoms with Crippen LogP contribution in [0, 0.1) is 17.0 Å². The lowest BCUT2D eigenvalue weighted by Crippen LogP contribution is -2.28. The number of sulfone groups is 1. The molecule has 2 rings (SSSR count). The molecule has 0 aliphatic carbocycles. The van der Waals surface area contributed by atoms with Gasteiger partial charge >= 0.3 is 0 Å². The highest BCUT2D eigenvalue weighted by molar-refractivity contribution is 7.90. The summed E-state index contributed by atoms with van der Waals surface area (Å²) < 4.78 is 23.1. The van der Waals surface area contributed by atoms with Crippen molar-refractivity contribution in [2.75, 3.05) is 6.26 Å². The van der Waals surface area contributed by atoms with Crippen LogP contribution in [0.5, 0.6) is 0 Å². The molecule has 0 bridgehead atoms. The first-order valence-corrected chi connectivity index (χ1v) is 9.88. The molecule has 0 saturated carbocycles. The minimum absolute atomic E-state index is 0.108. The van der Waals surface area contributed by atoms with Crippen LogP contribution in [0.15, 0.2) is 47.4 Å². The SMILES string of the molecule is CC[C@H](NC(=O)c1ccc(C)c([N+](=O)[O-])c1)c1ccc(S(C)(=O)=O)cc1. The van der Waals surface area contributed by atoms with E-state index in [1.54, 1.807) is 19.1 Å². The Morgan fingerprint density at radius 2 is 1.81 bits per heavy atom. The maximum atomic E-state index is 12.5. The average molecular weight is 376 g/mol. The molecule has 0 fully saturated rings. The van der Waals surface area contributed by atoms with E-state index in [1.165, 1.54) is 30.3 Å². The van der Waals surface area contributed by atoms with Gasteiger partial charge in [0.25, 0.3) is 11.6 Å². The van der Waals surface area contributed by atoms with Gasteiger partial charge < -0.3 is 5.32 Å². The van der Waals surface area contributed by atoms with Crippen molar-refractivity contribution < 1.29 is 18.1 Å².